The van der Waals surface area contributed by atoms with Crippen LogP contribution in [0.1, 0.15) is 79.7 Å². The van der Waals surface area contributed by atoms with E-state index in [2.05, 4.69) is 70.4 Å². The molecule has 3 aliphatic heterocycles. The van der Waals surface area contributed by atoms with E-state index in [0.29, 0.717) is 22.8 Å². The molecule has 2 N–H and O–H groups in total. The number of anilines is 1. The Morgan fingerprint density at radius 1 is 1.02 bits per heavy atom. The summed E-state index contributed by atoms with van der Waals surface area (Å²) in [5, 5.41) is 5.96. The van der Waals surface area contributed by atoms with E-state index in [1.165, 1.54) is 24.0 Å². The van der Waals surface area contributed by atoms with Crippen LogP contribution in [0.25, 0.3) is 0 Å². The van der Waals surface area contributed by atoms with Crippen LogP contribution in [0.4, 0.5) is 10.5 Å². The average molecular weight is 654 g/mol. The third kappa shape index (κ3) is 6.97. The van der Waals surface area contributed by atoms with Crippen LogP contribution in [-0.2, 0) is 21.8 Å². The Labute approximate surface area is 280 Å². The monoisotopic (exact) mass is 653 g/mol. The topological polar surface area (TPSA) is 85.0 Å². The summed E-state index contributed by atoms with van der Waals surface area (Å²) in [5.74, 6) is 1.19. The molecular formula is C37H59N5O3S. The molecule has 1 aliphatic carbocycles. The van der Waals surface area contributed by atoms with Gasteiger partial charge in [-0.1, -0.05) is 37.6 Å². The Bertz CT molecular complexity index is 1460. The van der Waals surface area contributed by atoms with E-state index >= 15 is 0 Å². The number of piperidine rings is 1. The van der Waals surface area contributed by atoms with Gasteiger partial charge in [0.1, 0.15) is 0 Å². The number of nitrogens with one attached hydrogen (secondary N) is 2. The lowest BCUT2D eigenvalue weighted by Crippen LogP contribution is -2.58. The van der Waals surface area contributed by atoms with Crippen molar-refractivity contribution in [1.29, 1.82) is 0 Å². The van der Waals surface area contributed by atoms with E-state index in [1.54, 1.807) is 19.2 Å². The minimum absolute atomic E-state index is 0. The van der Waals surface area contributed by atoms with Gasteiger partial charge in [-0.2, -0.15) is 0 Å². The highest BCUT2D eigenvalue weighted by molar-refractivity contribution is 7.92. The molecule has 2 saturated heterocycles. The first kappa shape index (κ1) is 33.3. The number of nitrogens with zero attached hydrogens (tertiary/aromatic N) is 3. The van der Waals surface area contributed by atoms with E-state index < -0.39 is 9.84 Å². The fourth-order valence-electron chi connectivity index (χ4n) is 8.54. The maximum atomic E-state index is 12.6. The number of benzene rings is 2. The van der Waals surface area contributed by atoms with Crippen molar-refractivity contribution in [3.05, 3.63) is 59.7 Å². The molecule has 0 spiro atoms. The average Bonchev–Trinajstić information content (AvgIpc) is 3.90. The van der Waals surface area contributed by atoms with Crippen molar-refractivity contribution in [3.63, 3.8) is 0 Å². The molecule has 4 aliphatic rings. The predicted molar refractivity (Wildman–Crippen MR) is 190 cm³/mol. The van der Waals surface area contributed by atoms with Gasteiger partial charge in [0.2, 0.25) is 0 Å². The van der Waals surface area contributed by atoms with E-state index in [0.717, 1.165) is 83.6 Å². The summed E-state index contributed by atoms with van der Waals surface area (Å²) in [6.45, 7) is 14.3. The summed E-state index contributed by atoms with van der Waals surface area (Å²) in [4.78, 5) is 20.7. The Morgan fingerprint density at radius 2 is 1.72 bits per heavy atom. The molecule has 9 heteroatoms. The van der Waals surface area contributed by atoms with Gasteiger partial charge in [0.05, 0.1) is 10.1 Å². The van der Waals surface area contributed by atoms with Crippen LogP contribution in [0.15, 0.2) is 53.4 Å². The Morgan fingerprint density at radius 3 is 2.35 bits per heavy atom. The molecule has 256 valence electrons. The first-order chi connectivity index (χ1) is 22.1. The zero-order valence-corrected chi connectivity index (χ0v) is 29.2. The standard InChI is InChI=1S/C37H55N5O3S.2H2/c1-5-8-31(39-36(43)38-4)21-37(26-42(27(2)3)25-29-9-6-7-10-35(29)37)30-17-19-40(20-18-30)22-28-23-41(24-28)32-11-13-33(14-12-32)46(44,45)34-15-16-34;;/h6-7,9-14,27-28,30-31,34H,5,8,15-26H2,1-4H3,(H2,38,39,43);2*1H/t31-,37?;;/m0../s1. The molecule has 1 saturated carbocycles. The number of hydrogen-bond donors (Lipinski definition) is 2. The summed E-state index contributed by atoms with van der Waals surface area (Å²) < 4.78 is 25.2. The third-order valence-electron chi connectivity index (χ3n) is 11.3. The van der Waals surface area contributed by atoms with Crippen molar-refractivity contribution in [2.75, 3.05) is 51.2 Å². The van der Waals surface area contributed by atoms with Gasteiger partial charge < -0.3 is 20.4 Å². The molecule has 3 fully saturated rings. The number of carbonyl (C=O) groups is 1. The van der Waals surface area contributed by atoms with Crippen LogP contribution in [0.2, 0.25) is 0 Å². The molecule has 2 aromatic rings. The number of amides is 2. The SMILES string of the molecule is CCC[C@@H](CC1(C2CCN(CC3CN(c4ccc(S(=O)(=O)C5CC5)cc4)C3)CC2)CN(C(C)C)Cc2ccccc21)NC(=O)NC.[HH].[HH]. The molecule has 2 amide bonds. The molecule has 46 heavy (non-hydrogen) atoms. The van der Waals surface area contributed by atoms with E-state index in [4.69, 9.17) is 0 Å². The minimum Gasteiger partial charge on any atom is -0.371 e. The lowest BCUT2D eigenvalue weighted by molar-refractivity contribution is 0.0466. The van der Waals surface area contributed by atoms with Crippen molar-refractivity contribution in [2.45, 2.75) is 99.9 Å². The van der Waals surface area contributed by atoms with Gasteiger partial charge in [0, 0.05) is 71.7 Å². The highest BCUT2D eigenvalue weighted by Gasteiger charge is 2.48. The number of sulfone groups is 1. The molecule has 6 rings (SSSR count). The fraction of sp³-hybridized carbons (Fsp3) is 0.649. The summed E-state index contributed by atoms with van der Waals surface area (Å²) in [6.07, 6.45) is 6.94. The molecule has 0 aromatic heterocycles. The quantitative estimate of drug-likeness (QED) is 0.296. The highest BCUT2D eigenvalue weighted by Crippen LogP contribution is 2.48. The minimum atomic E-state index is -3.13. The van der Waals surface area contributed by atoms with Crippen molar-refractivity contribution in [1.82, 2.24) is 20.4 Å². The Balaban J connectivity index is 0.00000260. The van der Waals surface area contributed by atoms with Gasteiger partial charge in [-0.15, -0.1) is 0 Å². The van der Waals surface area contributed by atoms with Gasteiger partial charge >= 0.3 is 6.03 Å². The number of likely N-dealkylation sites (tertiary alicyclic amines) is 1. The Kier molecular flexibility index (Phi) is 10.0. The number of carbonyl (C=O) groups excluding carboxylic acids is 1. The zero-order chi connectivity index (χ0) is 32.5. The normalized spacial score (nSPS) is 24.0. The van der Waals surface area contributed by atoms with Gasteiger partial charge in [-0.25, -0.2) is 13.2 Å². The van der Waals surface area contributed by atoms with E-state index in [9.17, 15) is 13.2 Å². The second-order valence-electron chi connectivity index (χ2n) is 14.8. The van der Waals surface area contributed by atoms with Crippen molar-refractivity contribution < 1.29 is 16.1 Å². The maximum Gasteiger partial charge on any atom is 0.314 e. The van der Waals surface area contributed by atoms with Crippen LogP contribution in [0.3, 0.4) is 0 Å². The second kappa shape index (κ2) is 13.9. The van der Waals surface area contributed by atoms with E-state index in [-0.39, 0.29) is 25.6 Å². The van der Waals surface area contributed by atoms with Crippen molar-refractivity contribution in [3.8, 4) is 0 Å². The summed E-state index contributed by atoms with van der Waals surface area (Å²) >= 11 is 0. The van der Waals surface area contributed by atoms with Gasteiger partial charge in [0.15, 0.2) is 9.84 Å². The van der Waals surface area contributed by atoms with Gasteiger partial charge in [0.25, 0.3) is 0 Å². The van der Waals surface area contributed by atoms with Crippen LogP contribution < -0.4 is 15.5 Å². The van der Waals surface area contributed by atoms with Crippen LogP contribution >= 0.6 is 0 Å². The predicted octanol–water partition coefficient (Wildman–Crippen LogP) is 5.91. The highest BCUT2D eigenvalue weighted by atomic mass is 32.2. The van der Waals surface area contributed by atoms with Gasteiger partial charge in [-0.3, -0.25) is 4.90 Å². The summed E-state index contributed by atoms with van der Waals surface area (Å²) in [5.41, 5.74) is 4.09. The molecule has 0 bridgehead atoms. The number of urea groups is 1. The second-order valence-corrected chi connectivity index (χ2v) is 17.0. The first-order valence-electron chi connectivity index (χ1n) is 17.7. The molecule has 2 atom stereocenters. The zero-order valence-electron chi connectivity index (χ0n) is 28.4. The molecule has 1 unspecified atom stereocenters. The molecule has 0 radical (unpaired) electrons. The third-order valence-corrected chi connectivity index (χ3v) is 13.6. The van der Waals surface area contributed by atoms with Crippen LogP contribution in [0.5, 0.6) is 0 Å². The fourth-order valence-corrected chi connectivity index (χ4v) is 10.2. The number of fused-ring (bicyclic) bond motifs is 1. The first-order valence-corrected chi connectivity index (χ1v) is 19.3. The number of hydrogen-bond acceptors (Lipinski definition) is 6. The van der Waals surface area contributed by atoms with Crippen molar-refractivity contribution >= 4 is 21.6 Å². The molecule has 2 aromatic carbocycles. The summed E-state index contributed by atoms with van der Waals surface area (Å²) in [7, 11) is -1.43. The Hall–Kier alpha value is -2.62. The lowest BCUT2D eigenvalue weighted by atomic mass is 9.60. The van der Waals surface area contributed by atoms with E-state index in [1.807, 2.05) is 12.1 Å². The van der Waals surface area contributed by atoms with Crippen molar-refractivity contribution in [2.24, 2.45) is 11.8 Å². The largest absolute Gasteiger partial charge is 0.371 e. The number of rotatable bonds is 12. The molecule has 3 heterocycles. The smallest absolute Gasteiger partial charge is 0.314 e. The maximum absolute atomic E-state index is 12.6. The van der Waals surface area contributed by atoms with Crippen LogP contribution in [-0.4, -0.2) is 87.9 Å². The lowest BCUT2D eigenvalue weighted by Gasteiger charge is -2.53. The van der Waals surface area contributed by atoms with Gasteiger partial charge in [-0.05, 0) is 107 Å². The molecule has 8 nitrogen and oxygen atoms in total. The summed E-state index contributed by atoms with van der Waals surface area (Å²) in [6, 6.07) is 17.2. The molecular weight excluding hydrogens is 595 g/mol. The van der Waals surface area contributed by atoms with Crippen LogP contribution in [0, 0.1) is 11.8 Å².